The largest absolute Gasteiger partial charge is 0.481 e. The van der Waals surface area contributed by atoms with Gasteiger partial charge in [0, 0.05) is 0 Å². The summed E-state index contributed by atoms with van der Waals surface area (Å²) in [4.78, 5) is 10.1. The lowest BCUT2D eigenvalue weighted by molar-refractivity contribution is -0.141. The molecule has 1 aliphatic rings. The Hall–Kier alpha value is -0.790. The van der Waals surface area contributed by atoms with Crippen LogP contribution in [-0.4, -0.2) is 11.1 Å². The number of allylic oxidation sites excluding steroid dienone is 1. The molecule has 2 unspecified atom stereocenters. The van der Waals surface area contributed by atoms with Crippen LogP contribution in [0.1, 0.15) is 6.92 Å². The van der Waals surface area contributed by atoms with Gasteiger partial charge in [0.1, 0.15) is 0 Å². The minimum atomic E-state index is -0.708. The minimum absolute atomic E-state index is 0.213. The van der Waals surface area contributed by atoms with Crippen LogP contribution in [0.5, 0.6) is 0 Å². The first-order chi connectivity index (χ1) is 3.72. The molecule has 1 rings (SSSR count). The van der Waals surface area contributed by atoms with E-state index < -0.39 is 5.97 Å². The zero-order chi connectivity index (χ0) is 6.15. The van der Waals surface area contributed by atoms with Crippen molar-refractivity contribution in [2.75, 3.05) is 0 Å². The smallest absolute Gasteiger partial charge is 0.310 e. The molecule has 0 saturated heterocycles. The van der Waals surface area contributed by atoms with Crippen LogP contribution in [0.3, 0.4) is 0 Å². The van der Waals surface area contributed by atoms with Gasteiger partial charge in [-0.15, -0.1) is 0 Å². The van der Waals surface area contributed by atoms with Crippen molar-refractivity contribution in [3.63, 3.8) is 0 Å². The quantitative estimate of drug-likeness (QED) is 0.511. The van der Waals surface area contributed by atoms with E-state index in [9.17, 15) is 4.79 Å². The van der Waals surface area contributed by atoms with Gasteiger partial charge in [-0.3, -0.25) is 4.79 Å². The minimum Gasteiger partial charge on any atom is -0.481 e. The summed E-state index contributed by atoms with van der Waals surface area (Å²) in [5.41, 5.74) is 0. The number of hydrogen-bond donors (Lipinski definition) is 1. The number of carbonyl (C=O) groups is 1. The van der Waals surface area contributed by atoms with E-state index in [1.54, 1.807) is 6.08 Å². The fraction of sp³-hybridized carbons (Fsp3) is 0.500. The van der Waals surface area contributed by atoms with Crippen molar-refractivity contribution >= 4 is 5.97 Å². The lowest BCUT2D eigenvalue weighted by Crippen LogP contribution is -2.24. The van der Waals surface area contributed by atoms with E-state index in [0.717, 1.165) is 0 Å². The number of aliphatic carboxylic acids is 1. The first-order valence-corrected chi connectivity index (χ1v) is 2.63. The molecule has 2 atom stereocenters. The molecule has 0 radical (unpaired) electrons. The van der Waals surface area contributed by atoms with E-state index in [-0.39, 0.29) is 11.8 Å². The predicted molar refractivity (Wildman–Crippen MR) is 29.4 cm³/mol. The van der Waals surface area contributed by atoms with Crippen molar-refractivity contribution in [1.82, 2.24) is 0 Å². The Morgan fingerprint density at radius 1 is 1.62 bits per heavy atom. The molecule has 0 aromatic carbocycles. The van der Waals surface area contributed by atoms with Crippen LogP contribution in [0, 0.1) is 11.8 Å². The highest BCUT2D eigenvalue weighted by molar-refractivity contribution is 5.74. The number of carboxylic acids is 1. The molecule has 0 bridgehead atoms. The Morgan fingerprint density at radius 2 is 2.25 bits per heavy atom. The molecule has 1 N–H and O–H groups in total. The van der Waals surface area contributed by atoms with Gasteiger partial charge in [0.25, 0.3) is 0 Å². The van der Waals surface area contributed by atoms with Gasteiger partial charge in [-0.1, -0.05) is 19.1 Å². The Kier molecular flexibility index (Phi) is 1.08. The van der Waals surface area contributed by atoms with Crippen LogP contribution >= 0.6 is 0 Å². The van der Waals surface area contributed by atoms with E-state index in [1.807, 2.05) is 13.0 Å². The standard InChI is InChI=1S/C6H8O2/c1-4-2-3-5(4)6(7)8/h2-5H,1H3,(H,7,8). The Bertz CT molecular complexity index is 137. The molecule has 0 amide bonds. The van der Waals surface area contributed by atoms with Crippen molar-refractivity contribution in [1.29, 1.82) is 0 Å². The second-order valence-electron chi connectivity index (χ2n) is 2.11. The highest BCUT2D eigenvalue weighted by atomic mass is 16.4. The van der Waals surface area contributed by atoms with E-state index in [1.165, 1.54) is 0 Å². The van der Waals surface area contributed by atoms with Gasteiger partial charge in [-0.25, -0.2) is 0 Å². The SMILES string of the molecule is CC1C=CC1C(=O)O. The maximum absolute atomic E-state index is 10.1. The first kappa shape index (κ1) is 5.35. The van der Waals surface area contributed by atoms with Crippen LogP contribution in [-0.2, 0) is 4.79 Å². The third-order valence-electron chi connectivity index (χ3n) is 1.47. The molecule has 0 spiro atoms. The predicted octanol–water partition coefficient (Wildman–Crippen LogP) is 0.893. The van der Waals surface area contributed by atoms with Gasteiger partial charge in [-0.05, 0) is 5.92 Å². The summed E-state index contributed by atoms with van der Waals surface area (Å²) < 4.78 is 0. The maximum atomic E-state index is 10.1. The van der Waals surface area contributed by atoms with E-state index in [2.05, 4.69) is 0 Å². The van der Waals surface area contributed by atoms with Gasteiger partial charge in [0.15, 0.2) is 0 Å². The molecule has 0 aromatic rings. The van der Waals surface area contributed by atoms with Crippen molar-refractivity contribution in [2.45, 2.75) is 6.92 Å². The maximum Gasteiger partial charge on any atom is 0.310 e. The summed E-state index contributed by atoms with van der Waals surface area (Å²) in [6.07, 6.45) is 3.62. The molecule has 0 heterocycles. The molecule has 44 valence electrons. The molecular weight excluding hydrogens is 104 g/mol. The fourth-order valence-corrected chi connectivity index (χ4v) is 0.752. The summed E-state index contributed by atoms with van der Waals surface area (Å²) in [6, 6.07) is 0. The highest BCUT2D eigenvalue weighted by Crippen LogP contribution is 2.24. The monoisotopic (exact) mass is 112 g/mol. The molecule has 0 fully saturated rings. The van der Waals surface area contributed by atoms with E-state index in [0.29, 0.717) is 0 Å². The average Bonchev–Trinajstić information content (AvgIpc) is 1.61. The lowest BCUT2D eigenvalue weighted by Gasteiger charge is -2.20. The number of rotatable bonds is 1. The molecule has 1 aliphatic carbocycles. The summed E-state index contributed by atoms with van der Waals surface area (Å²) in [6.45, 7) is 1.90. The third-order valence-corrected chi connectivity index (χ3v) is 1.47. The first-order valence-electron chi connectivity index (χ1n) is 2.63. The Morgan fingerprint density at radius 3 is 2.25 bits per heavy atom. The summed E-state index contributed by atoms with van der Waals surface area (Å²) in [7, 11) is 0. The zero-order valence-electron chi connectivity index (χ0n) is 4.66. The molecule has 0 aromatic heterocycles. The van der Waals surface area contributed by atoms with Gasteiger partial charge in [0.05, 0.1) is 5.92 Å². The topological polar surface area (TPSA) is 37.3 Å². The van der Waals surface area contributed by atoms with Crippen LogP contribution in [0.15, 0.2) is 12.2 Å². The second kappa shape index (κ2) is 1.62. The molecular formula is C6H8O2. The third kappa shape index (κ3) is 0.619. The van der Waals surface area contributed by atoms with Crippen LogP contribution in [0.2, 0.25) is 0 Å². The van der Waals surface area contributed by atoms with Crippen molar-refractivity contribution < 1.29 is 9.90 Å². The van der Waals surface area contributed by atoms with Crippen LogP contribution < -0.4 is 0 Å². The van der Waals surface area contributed by atoms with Gasteiger partial charge >= 0.3 is 5.97 Å². The van der Waals surface area contributed by atoms with Gasteiger partial charge in [-0.2, -0.15) is 0 Å². The second-order valence-corrected chi connectivity index (χ2v) is 2.11. The molecule has 2 nitrogen and oxygen atoms in total. The zero-order valence-corrected chi connectivity index (χ0v) is 4.66. The Labute approximate surface area is 47.8 Å². The summed E-state index contributed by atoms with van der Waals surface area (Å²) in [5, 5.41) is 8.35. The molecule has 8 heavy (non-hydrogen) atoms. The van der Waals surface area contributed by atoms with Crippen LogP contribution in [0.4, 0.5) is 0 Å². The van der Waals surface area contributed by atoms with Crippen LogP contribution in [0.25, 0.3) is 0 Å². The summed E-state index contributed by atoms with van der Waals surface area (Å²) in [5.74, 6) is -0.678. The van der Waals surface area contributed by atoms with E-state index >= 15 is 0 Å². The van der Waals surface area contributed by atoms with Gasteiger partial charge < -0.3 is 5.11 Å². The average molecular weight is 112 g/mol. The fourth-order valence-electron chi connectivity index (χ4n) is 0.752. The van der Waals surface area contributed by atoms with Crippen molar-refractivity contribution in [3.8, 4) is 0 Å². The lowest BCUT2D eigenvalue weighted by atomic mass is 9.84. The number of carboxylic acid groups (broad SMARTS) is 1. The van der Waals surface area contributed by atoms with Crippen molar-refractivity contribution in [2.24, 2.45) is 11.8 Å². The molecule has 0 aliphatic heterocycles. The van der Waals surface area contributed by atoms with Crippen molar-refractivity contribution in [3.05, 3.63) is 12.2 Å². The summed E-state index contributed by atoms with van der Waals surface area (Å²) >= 11 is 0. The molecule has 0 saturated carbocycles. The normalized spacial score (nSPS) is 34.1. The highest BCUT2D eigenvalue weighted by Gasteiger charge is 2.25. The van der Waals surface area contributed by atoms with E-state index in [4.69, 9.17) is 5.11 Å². The number of hydrogen-bond acceptors (Lipinski definition) is 1. The Balaban J connectivity index is 2.53. The van der Waals surface area contributed by atoms with Gasteiger partial charge in [0.2, 0.25) is 0 Å². The molecule has 2 heteroatoms.